The molecule has 1 atom stereocenters. The summed E-state index contributed by atoms with van der Waals surface area (Å²) in [6, 6.07) is 0. The van der Waals surface area contributed by atoms with Gasteiger partial charge in [0.05, 0.1) is 0 Å². The Kier molecular flexibility index (Phi) is 4.62. The molecular weight excluding hydrogens is 150 g/mol. The molecule has 0 amide bonds. The minimum Gasteiger partial charge on any atom is -0.396 e. The first-order valence-corrected chi connectivity index (χ1v) is 5.18. The number of aliphatic hydroxyl groups is 1. The third kappa shape index (κ3) is 3.11. The van der Waals surface area contributed by atoms with Crippen LogP contribution in [0.4, 0.5) is 0 Å². The van der Waals surface area contributed by atoms with Crippen LogP contribution in [0.25, 0.3) is 0 Å². The van der Waals surface area contributed by atoms with Gasteiger partial charge in [0.25, 0.3) is 0 Å². The van der Waals surface area contributed by atoms with E-state index in [0.717, 1.165) is 12.3 Å². The SMILES string of the molecule is CCC(CO)CC1CCNCC1. The van der Waals surface area contributed by atoms with Gasteiger partial charge in [-0.3, -0.25) is 0 Å². The normalized spacial score (nSPS) is 22.5. The maximum Gasteiger partial charge on any atom is 0.0459 e. The molecule has 1 rings (SSSR count). The maximum absolute atomic E-state index is 9.04. The minimum atomic E-state index is 0.375. The Morgan fingerprint density at radius 3 is 2.58 bits per heavy atom. The van der Waals surface area contributed by atoms with Crippen molar-refractivity contribution in [2.24, 2.45) is 11.8 Å². The van der Waals surface area contributed by atoms with Gasteiger partial charge in [-0.15, -0.1) is 0 Å². The second-order valence-corrected chi connectivity index (χ2v) is 3.89. The van der Waals surface area contributed by atoms with E-state index in [1.165, 1.54) is 32.4 Å². The van der Waals surface area contributed by atoms with Gasteiger partial charge < -0.3 is 10.4 Å². The molecule has 0 saturated carbocycles. The first-order chi connectivity index (χ1) is 5.86. The molecule has 0 aromatic heterocycles. The van der Waals surface area contributed by atoms with Crippen LogP contribution in [0.3, 0.4) is 0 Å². The molecule has 0 radical (unpaired) electrons. The van der Waals surface area contributed by atoms with Gasteiger partial charge in [-0.25, -0.2) is 0 Å². The molecule has 0 spiro atoms. The molecule has 1 aliphatic rings. The van der Waals surface area contributed by atoms with E-state index in [4.69, 9.17) is 5.11 Å². The molecule has 12 heavy (non-hydrogen) atoms. The third-order valence-electron chi connectivity index (χ3n) is 2.96. The summed E-state index contributed by atoms with van der Waals surface area (Å²) in [5, 5.41) is 12.4. The fourth-order valence-corrected chi connectivity index (χ4v) is 1.96. The smallest absolute Gasteiger partial charge is 0.0459 e. The van der Waals surface area contributed by atoms with E-state index in [1.807, 2.05) is 0 Å². The van der Waals surface area contributed by atoms with Crippen molar-refractivity contribution in [1.82, 2.24) is 5.32 Å². The Bertz CT molecular complexity index is 106. The summed E-state index contributed by atoms with van der Waals surface area (Å²) >= 11 is 0. The highest BCUT2D eigenvalue weighted by molar-refractivity contribution is 4.71. The Labute approximate surface area is 75.4 Å². The summed E-state index contributed by atoms with van der Waals surface area (Å²) < 4.78 is 0. The van der Waals surface area contributed by atoms with E-state index in [1.54, 1.807) is 0 Å². The van der Waals surface area contributed by atoms with Crippen LogP contribution in [-0.4, -0.2) is 24.8 Å². The zero-order valence-corrected chi connectivity index (χ0v) is 8.05. The first kappa shape index (κ1) is 10.0. The van der Waals surface area contributed by atoms with E-state index >= 15 is 0 Å². The molecule has 0 aromatic carbocycles. The molecule has 0 aromatic rings. The quantitative estimate of drug-likeness (QED) is 0.670. The summed E-state index contributed by atoms with van der Waals surface area (Å²) in [4.78, 5) is 0. The van der Waals surface area contributed by atoms with Crippen molar-refractivity contribution in [3.63, 3.8) is 0 Å². The van der Waals surface area contributed by atoms with Crippen molar-refractivity contribution in [3.8, 4) is 0 Å². The molecule has 1 fully saturated rings. The number of rotatable bonds is 4. The van der Waals surface area contributed by atoms with Crippen molar-refractivity contribution < 1.29 is 5.11 Å². The molecular formula is C10H21NO. The topological polar surface area (TPSA) is 32.3 Å². The Morgan fingerprint density at radius 2 is 2.08 bits per heavy atom. The Morgan fingerprint density at radius 1 is 1.42 bits per heavy atom. The highest BCUT2D eigenvalue weighted by Crippen LogP contribution is 2.22. The van der Waals surface area contributed by atoms with Crippen LogP contribution in [0, 0.1) is 11.8 Å². The largest absolute Gasteiger partial charge is 0.396 e. The highest BCUT2D eigenvalue weighted by atomic mass is 16.3. The van der Waals surface area contributed by atoms with Gasteiger partial charge >= 0.3 is 0 Å². The maximum atomic E-state index is 9.04. The lowest BCUT2D eigenvalue weighted by atomic mass is 9.87. The van der Waals surface area contributed by atoms with Crippen LogP contribution in [0.15, 0.2) is 0 Å². The fourth-order valence-electron chi connectivity index (χ4n) is 1.96. The number of aliphatic hydroxyl groups excluding tert-OH is 1. The number of nitrogens with one attached hydrogen (secondary N) is 1. The lowest BCUT2D eigenvalue weighted by Gasteiger charge is -2.25. The number of hydrogen-bond acceptors (Lipinski definition) is 2. The van der Waals surface area contributed by atoms with Gasteiger partial charge in [0.2, 0.25) is 0 Å². The molecule has 0 bridgehead atoms. The highest BCUT2D eigenvalue weighted by Gasteiger charge is 2.16. The summed E-state index contributed by atoms with van der Waals surface area (Å²) in [6.07, 6.45) is 4.96. The molecule has 72 valence electrons. The number of piperidine rings is 1. The second-order valence-electron chi connectivity index (χ2n) is 3.89. The van der Waals surface area contributed by atoms with Crippen LogP contribution in [0.2, 0.25) is 0 Å². The van der Waals surface area contributed by atoms with Crippen LogP contribution < -0.4 is 5.32 Å². The van der Waals surface area contributed by atoms with Crippen LogP contribution >= 0.6 is 0 Å². The number of hydrogen-bond donors (Lipinski definition) is 2. The summed E-state index contributed by atoms with van der Waals surface area (Å²) in [6.45, 7) is 4.89. The van der Waals surface area contributed by atoms with Crippen molar-refractivity contribution in [1.29, 1.82) is 0 Å². The van der Waals surface area contributed by atoms with E-state index in [2.05, 4.69) is 12.2 Å². The zero-order chi connectivity index (χ0) is 8.81. The molecule has 1 heterocycles. The molecule has 1 saturated heterocycles. The van der Waals surface area contributed by atoms with E-state index in [0.29, 0.717) is 12.5 Å². The Hall–Kier alpha value is -0.0800. The van der Waals surface area contributed by atoms with Crippen molar-refractivity contribution in [2.75, 3.05) is 19.7 Å². The van der Waals surface area contributed by atoms with Crippen molar-refractivity contribution >= 4 is 0 Å². The lowest BCUT2D eigenvalue weighted by molar-refractivity contribution is 0.184. The molecule has 0 aliphatic carbocycles. The molecule has 2 nitrogen and oxygen atoms in total. The molecule has 1 unspecified atom stereocenters. The third-order valence-corrected chi connectivity index (χ3v) is 2.96. The van der Waals surface area contributed by atoms with Crippen molar-refractivity contribution in [2.45, 2.75) is 32.6 Å². The predicted octanol–water partition coefficient (Wildman–Crippen LogP) is 1.39. The van der Waals surface area contributed by atoms with Gasteiger partial charge in [0.1, 0.15) is 0 Å². The van der Waals surface area contributed by atoms with Gasteiger partial charge in [0.15, 0.2) is 0 Å². The average molecular weight is 171 g/mol. The van der Waals surface area contributed by atoms with E-state index in [-0.39, 0.29) is 0 Å². The predicted molar refractivity (Wildman–Crippen MR) is 51.1 cm³/mol. The van der Waals surface area contributed by atoms with Gasteiger partial charge in [-0.2, -0.15) is 0 Å². The van der Waals surface area contributed by atoms with Gasteiger partial charge in [0, 0.05) is 6.61 Å². The van der Waals surface area contributed by atoms with Crippen LogP contribution in [-0.2, 0) is 0 Å². The lowest BCUT2D eigenvalue weighted by Crippen LogP contribution is -2.29. The second kappa shape index (κ2) is 5.55. The minimum absolute atomic E-state index is 0.375. The summed E-state index contributed by atoms with van der Waals surface area (Å²) in [5.74, 6) is 1.41. The van der Waals surface area contributed by atoms with Gasteiger partial charge in [-0.1, -0.05) is 13.3 Å². The fraction of sp³-hybridized carbons (Fsp3) is 1.00. The monoisotopic (exact) mass is 171 g/mol. The summed E-state index contributed by atoms with van der Waals surface area (Å²) in [7, 11) is 0. The summed E-state index contributed by atoms with van der Waals surface area (Å²) in [5.41, 5.74) is 0. The van der Waals surface area contributed by atoms with Crippen molar-refractivity contribution in [3.05, 3.63) is 0 Å². The standard InChI is InChI=1S/C10H21NO/c1-2-9(8-12)7-10-3-5-11-6-4-10/h9-12H,2-8H2,1H3. The van der Waals surface area contributed by atoms with Crippen LogP contribution in [0.1, 0.15) is 32.6 Å². The molecule has 2 N–H and O–H groups in total. The molecule has 2 heteroatoms. The van der Waals surface area contributed by atoms with Gasteiger partial charge in [-0.05, 0) is 44.2 Å². The first-order valence-electron chi connectivity index (χ1n) is 5.18. The van der Waals surface area contributed by atoms with E-state index in [9.17, 15) is 0 Å². The molecule has 1 aliphatic heterocycles. The van der Waals surface area contributed by atoms with Crippen LogP contribution in [0.5, 0.6) is 0 Å². The Balaban J connectivity index is 2.18. The average Bonchev–Trinajstić information content (AvgIpc) is 2.16. The zero-order valence-electron chi connectivity index (χ0n) is 8.05. The van der Waals surface area contributed by atoms with E-state index < -0.39 is 0 Å².